The Labute approximate surface area is 186 Å². The summed E-state index contributed by atoms with van der Waals surface area (Å²) in [7, 11) is 0. The first-order valence-corrected chi connectivity index (χ1v) is 11.3. The fourth-order valence-corrected chi connectivity index (χ4v) is 3.87. The predicted molar refractivity (Wildman–Crippen MR) is 125 cm³/mol. The molecule has 0 radical (unpaired) electrons. The second-order valence-electron chi connectivity index (χ2n) is 7.92. The first-order valence-electron chi connectivity index (χ1n) is 11.3. The van der Waals surface area contributed by atoms with Crippen LogP contribution in [0.25, 0.3) is 0 Å². The molecule has 0 saturated carbocycles. The Kier molecular flexibility index (Phi) is 9.03. The number of hydrogen-bond acceptors (Lipinski definition) is 5. The summed E-state index contributed by atoms with van der Waals surface area (Å²) in [6, 6.07) is 18.3. The van der Waals surface area contributed by atoms with E-state index in [0.29, 0.717) is 26.1 Å². The van der Waals surface area contributed by atoms with Gasteiger partial charge in [0.05, 0.1) is 13.2 Å². The monoisotopic (exact) mass is 425 g/mol. The third kappa shape index (κ3) is 7.47. The molecule has 1 aliphatic rings. The van der Waals surface area contributed by atoms with Crippen LogP contribution in [0.15, 0.2) is 54.6 Å². The topological polar surface area (TPSA) is 54.0 Å². The van der Waals surface area contributed by atoms with Crippen molar-refractivity contribution in [3.8, 4) is 11.5 Å². The maximum absolute atomic E-state index is 12.3. The first kappa shape index (κ1) is 22.9. The second-order valence-corrected chi connectivity index (χ2v) is 7.92. The molecular formula is C25H35N3O3. The van der Waals surface area contributed by atoms with Gasteiger partial charge in [-0.3, -0.25) is 9.69 Å². The summed E-state index contributed by atoms with van der Waals surface area (Å²) in [5, 5.41) is 3.13. The van der Waals surface area contributed by atoms with Crippen molar-refractivity contribution in [2.45, 2.75) is 32.7 Å². The molecule has 0 bridgehead atoms. The van der Waals surface area contributed by atoms with E-state index >= 15 is 0 Å². The quantitative estimate of drug-likeness (QED) is 0.558. The molecule has 2 aromatic carbocycles. The number of carbonyl (C=O) groups excluding carboxylic acids is 1. The first-order chi connectivity index (χ1) is 15.2. The van der Waals surface area contributed by atoms with Crippen molar-refractivity contribution in [2.24, 2.45) is 0 Å². The van der Waals surface area contributed by atoms with E-state index in [9.17, 15) is 4.79 Å². The van der Waals surface area contributed by atoms with Gasteiger partial charge < -0.3 is 19.7 Å². The fourth-order valence-electron chi connectivity index (χ4n) is 3.87. The lowest BCUT2D eigenvalue weighted by molar-refractivity contribution is -0.122. The van der Waals surface area contributed by atoms with Crippen molar-refractivity contribution in [1.29, 1.82) is 0 Å². The van der Waals surface area contributed by atoms with E-state index in [0.717, 1.165) is 44.2 Å². The third-order valence-electron chi connectivity index (χ3n) is 5.39. The number of para-hydroxylation sites is 3. The van der Waals surface area contributed by atoms with Crippen LogP contribution in [0.1, 0.15) is 26.7 Å². The molecule has 0 unspecified atom stereocenters. The van der Waals surface area contributed by atoms with E-state index in [1.807, 2.05) is 31.2 Å². The Morgan fingerprint density at radius 1 is 0.968 bits per heavy atom. The highest BCUT2D eigenvalue weighted by atomic mass is 16.5. The second kappa shape index (κ2) is 12.2. The number of ether oxygens (including phenoxy) is 2. The molecule has 6 nitrogen and oxygen atoms in total. The molecular weight excluding hydrogens is 390 g/mol. The highest BCUT2D eigenvalue weighted by Gasteiger charge is 2.19. The lowest BCUT2D eigenvalue weighted by Crippen LogP contribution is -2.50. The van der Waals surface area contributed by atoms with Crippen LogP contribution in [0.5, 0.6) is 11.5 Å². The van der Waals surface area contributed by atoms with Gasteiger partial charge in [-0.25, -0.2) is 0 Å². The summed E-state index contributed by atoms with van der Waals surface area (Å²) in [4.78, 5) is 17.1. The number of nitrogens with zero attached hydrogens (tertiary/aromatic N) is 2. The minimum atomic E-state index is 0.0807. The van der Waals surface area contributed by atoms with Crippen molar-refractivity contribution in [2.75, 3.05) is 50.8 Å². The molecule has 1 saturated heterocycles. The predicted octanol–water partition coefficient (Wildman–Crippen LogP) is 3.57. The minimum Gasteiger partial charge on any atom is -0.490 e. The van der Waals surface area contributed by atoms with Gasteiger partial charge >= 0.3 is 0 Å². The molecule has 168 valence electrons. The van der Waals surface area contributed by atoms with Gasteiger partial charge in [-0.1, -0.05) is 30.3 Å². The van der Waals surface area contributed by atoms with Gasteiger partial charge in [0.1, 0.15) is 0 Å². The van der Waals surface area contributed by atoms with E-state index < -0.39 is 0 Å². The SMILES string of the molecule is CCOc1ccccc1OCCCC(=O)N[C@H](C)CN1CCN(c2ccccc2)CC1. The van der Waals surface area contributed by atoms with Crippen LogP contribution in [0, 0.1) is 0 Å². The average Bonchev–Trinajstić information content (AvgIpc) is 2.79. The van der Waals surface area contributed by atoms with Crippen LogP contribution < -0.4 is 19.7 Å². The summed E-state index contributed by atoms with van der Waals surface area (Å²) in [6.07, 6.45) is 1.14. The van der Waals surface area contributed by atoms with Crippen LogP contribution in [0.4, 0.5) is 5.69 Å². The van der Waals surface area contributed by atoms with Gasteiger partial charge in [-0.2, -0.15) is 0 Å². The summed E-state index contributed by atoms with van der Waals surface area (Å²) in [5.41, 5.74) is 1.29. The van der Waals surface area contributed by atoms with Gasteiger partial charge in [0.2, 0.25) is 5.91 Å². The molecule has 2 aromatic rings. The lowest BCUT2D eigenvalue weighted by atomic mass is 10.2. The largest absolute Gasteiger partial charge is 0.490 e. The molecule has 0 aromatic heterocycles. The van der Waals surface area contributed by atoms with Crippen LogP contribution in [-0.4, -0.2) is 62.8 Å². The normalized spacial score (nSPS) is 15.4. The Hall–Kier alpha value is -2.73. The molecule has 1 aliphatic heterocycles. The van der Waals surface area contributed by atoms with Crippen LogP contribution in [0.2, 0.25) is 0 Å². The van der Waals surface area contributed by atoms with Crippen LogP contribution in [0.3, 0.4) is 0 Å². The maximum Gasteiger partial charge on any atom is 0.220 e. The van der Waals surface area contributed by atoms with Crippen LogP contribution >= 0.6 is 0 Å². The summed E-state index contributed by atoms with van der Waals surface area (Å²) >= 11 is 0. The molecule has 31 heavy (non-hydrogen) atoms. The zero-order valence-corrected chi connectivity index (χ0v) is 18.8. The van der Waals surface area contributed by atoms with Gasteiger partial charge in [0.25, 0.3) is 0 Å². The van der Waals surface area contributed by atoms with Crippen molar-refractivity contribution in [3.05, 3.63) is 54.6 Å². The standard InChI is InChI=1S/C25H35N3O3/c1-3-30-23-12-7-8-13-24(23)31-19-9-14-25(29)26-21(2)20-27-15-17-28(18-16-27)22-10-5-4-6-11-22/h4-8,10-13,21H,3,9,14-20H2,1-2H3,(H,26,29)/t21-/m1/s1. The van der Waals surface area contributed by atoms with E-state index in [1.165, 1.54) is 5.69 Å². The number of benzene rings is 2. The summed E-state index contributed by atoms with van der Waals surface area (Å²) in [6.45, 7) is 10.1. The fraction of sp³-hybridized carbons (Fsp3) is 0.480. The van der Waals surface area contributed by atoms with E-state index in [4.69, 9.17) is 9.47 Å². The molecule has 1 fully saturated rings. The summed E-state index contributed by atoms with van der Waals surface area (Å²) < 4.78 is 11.4. The van der Waals surface area contributed by atoms with Crippen molar-refractivity contribution in [1.82, 2.24) is 10.2 Å². The van der Waals surface area contributed by atoms with Gasteiger partial charge in [-0.05, 0) is 44.5 Å². The van der Waals surface area contributed by atoms with Gasteiger partial charge in [-0.15, -0.1) is 0 Å². The molecule has 1 N–H and O–H groups in total. The van der Waals surface area contributed by atoms with Crippen molar-refractivity contribution >= 4 is 11.6 Å². The number of amides is 1. The molecule has 1 amide bonds. The zero-order chi connectivity index (χ0) is 21.9. The Morgan fingerprint density at radius 2 is 1.61 bits per heavy atom. The van der Waals surface area contributed by atoms with Gasteiger partial charge in [0.15, 0.2) is 11.5 Å². The third-order valence-corrected chi connectivity index (χ3v) is 5.39. The Balaban J connectivity index is 1.30. The van der Waals surface area contributed by atoms with Gasteiger partial charge in [0, 0.05) is 50.9 Å². The molecule has 0 aliphatic carbocycles. The number of anilines is 1. The highest BCUT2D eigenvalue weighted by Crippen LogP contribution is 2.26. The number of hydrogen-bond donors (Lipinski definition) is 1. The molecule has 3 rings (SSSR count). The Bertz CT molecular complexity index is 792. The highest BCUT2D eigenvalue weighted by molar-refractivity contribution is 5.76. The van der Waals surface area contributed by atoms with Crippen molar-refractivity contribution in [3.63, 3.8) is 0 Å². The molecule has 1 heterocycles. The zero-order valence-electron chi connectivity index (χ0n) is 18.8. The number of rotatable bonds is 11. The Morgan fingerprint density at radius 3 is 2.29 bits per heavy atom. The van der Waals surface area contributed by atoms with Crippen molar-refractivity contribution < 1.29 is 14.3 Å². The average molecular weight is 426 g/mol. The van der Waals surface area contributed by atoms with E-state index in [1.54, 1.807) is 0 Å². The summed E-state index contributed by atoms with van der Waals surface area (Å²) in [5.74, 6) is 1.56. The lowest BCUT2D eigenvalue weighted by Gasteiger charge is -2.37. The van der Waals surface area contributed by atoms with E-state index in [2.05, 4.69) is 52.4 Å². The number of nitrogens with one attached hydrogen (secondary N) is 1. The van der Waals surface area contributed by atoms with Crippen LogP contribution in [-0.2, 0) is 4.79 Å². The van der Waals surface area contributed by atoms with E-state index in [-0.39, 0.29) is 11.9 Å². The number of carbonyl (C=O) groups is 1. The molecule has 1 atom stereocenters. The number of piperazine rings is 1. The molecule has 6 heteroatoms. The smallest absolute Gasteiger partial charge is 0.220 e. The molecule has 0 spiro atoms. The maximum atomic E-state index is 12.3. The minimum absolute atomic E-state index is 0.0807.